The van der Waals surface area contributed by atoms with Crippen LogP contribution < -0.4 is 0 Å². The SMILES string of the molecule is C=CCc1ccc[nH]1.c1ccncc1. The third kappa shape index (κ3) is 4.26. The lowest BCUT2D eigenvalue weighted by atomic mass is 10.3. The Bertz CT molecular complexity index is 298. The van der Waals surface area contributed by atoms with Gasteiger partial charge in [-0.3, -0.25) is 4.98 Å². The van der Waals surface area contributed by atoms with Crippen LogP contribution in [0.1, 0.15) is 5.69 Å². The molecular weight excluding hydrogens is 172 g/mol. The number of allylic oxidation sites excluding steroid dienone is 1. The van der Waals surface area contributed by atoms with E-state index < -0.39 is 0 Å². The van der Waals surface area contributed by atoms with Crippen molar-refractivity contribution in [3.05, 3.63) is 67.3 Å². The zero-order valence-electron chi connectivity index (χ0n) is 8.06. The van der Waals surface area contributed by atoms with Crippen molar-refractivity contribution in [3.8, 4) is 0 Å². The number of nitrogens with one attached hydrogen (secondary N) is 1. The predicted molar refractivity (Wildman–Crippen MR) is 58.9 cm³/mol. The minimum atomic E-state index is 0.938. The van der Waals surface area contributed by atoms with Gasteiger partial charge in [-0.25, -0.2) is 0 Å². The van der Waals surface area contributed by atoms with Crippen molar-refractivity contribution in [1.29, 1.82) is 0 Å². The predicted octanol–water partition coefficient (Wildman–Crippen LogP) is 2.82. The van der Waals surface area contributed by atoms with Gasteiger partial charge in [0.25, 0.3) is 0 Å². The molecule has 0 aliphatic carbocycles. The van der Waals surface area contributed by atoms with Crippen LogP contribution in [0.15, 0.2) is 61.6 Å². The highest BCUT2D eigenvalue weighted by molar-refractivity contribution is 5.06. The Morgan fingerprint density at radius 1 is 1.21 bits per heavy atom. The first-order valence-electron chi connectivity index (χ1n) is 4.51. The highest BCUT2D eigenvalue weighted by atomic mass is 14.7. The Labute approximate surface area is 84.3 Å². The van der Waals surface area contributed by atoms with Gasteiger partial charge in [-0.15, -0.1) is 6.58 Å². The number of H-pyrrole nitrogens is 1. The molecule has 72 valence electrons. The summed E-state index contributed by atoms with van der Waals surface area (Å²) in [7, 11) is 0. The van der Waals surface area contributed by atoms with Gasteiger partial charge in [0, 0.05) is 30.7 Å². The molecule has 2 aromatic rings. The Kier molecular flexibility index (Phi) is 4.88. The van der Waals surface area contributed by atoms with E-state index in [-0.39, 0.29) is 0 Å². The molecule has 0 atom stereocenters. The molecule has 0 amide bonds. The number of aromatic amines is 1. The first-order chi connectivity index (χ1) is 6.93. The summed E-state index contributed by atoms with van der Waals surface area (Å²) >= 11 is 0. The number of rotatable bonds is 2. The number of hydrogen-bond donors (Lipinski definition) is 1. The summed E-state index contributed by atoms with van der Waals surface area (Å²) in [6.07, 6.45) is 8.23. The second-order valence-corrected chi connectivity index (χ2v) is 2.71. The molecule has 14 heavy (non-hydrogen) atoms. The lowest BCUT2D eigenvalue weighted by Gasteiger charge is -1.83. The van der Waals surface area contributed by atoms with Crippen molar-refractivity contribution >= 4 is 0 Å². The van der Waals surface area contributed by atoms with E-state index in [2.05, 4.69) is 16.5 Å². The van der Waals surface area contributed by atoms with E-state index in [9.17, 15) is 0 Å². The molecule has 1 N–H and O–H groups in total. The maximum absolute atomic E-state index is 3.78. The molecule has 0 saturated carbocycles. The highest BCUT2D eigenvalue weighted by Crippen LogP contribution is 1.94. The maximum atomic E-state index is 3.78. The first kappa shape index (κ1) is 10.3. The number of nitrogens with zero attached hydrogens (tertiary/aromatic N) is 1. The van der Waals surface area contributed by atoms with Crippen LogP contribution in [0.25, 0.3) is 0 Å². The maximum Gasteiger partial charge on any atom is 0.0267 e. The Hall–Kier alpha value is -1.83. The van der Waals surface area contributed by atoms with Gasteiger partial charge in [0.15, 0.2) is 0 Å². The third-order valence-electron chi connectivity index (χ3n) is 1.59. The summed E-state index contributed by atoms with van der Waals surface area (Å²) in [5, 5.41) is 0. The number of pyridine rings is 1. The van der Waals surface area contributed by atoms with Gasteiger partial charge in [0.05, 0.1) is 0 Å². The van der Waals surface area contributed by atoms with Gasteiger partial charge < -0.3 is 4.98 Å². The van der Waals surface area contributed by atoms with E-state index in [1.807, 2.05) is 42.6 Å². The third-order valence-corrected chi connectivity index (χ3v) is 1.59. The summed E-state index contributed by atoms with van der Waals surface area (Å²) < 4.78 is 0. The molecule has 0 spiro atoms. The van der Waals surface area contributed by atoms with Crippen molar-refractivity contribution < 1.29 is 0 Å². The first-order valence-corrected chi connectivity index (χ1v) is 4.51. The van der Waals surface area contributed by atoms with Crippen molar-refractivity contribution in [2.24, 2.45) is 0 Å². The summed E-state index contributed by atoms with van der Waals surface area (Å²) in [5.74, 6) is 0. The molecule has 0 radical (unpaired) electrons. The van der Waals surface area contributed by atoms with Crippen LogP contribution in [0, 0.1) is 0 Å². The summed E-state index contributed by atoms with van der Waals surface area (Å²) in [4.78, 5) is 6.85. The zero-order valence-corrected chi connectivity index (χ0v) is 8.06. The summed E-state index contributed by atoms with van der Waals surface area (Å²) in [6.45, 7) is 3.62. The van der Waals surface area contributed by atoms with E-state index in [0.717, 1.165) is 6.42 Å². The molecule has 2 rings (SSSR count). The average Bonchev–Trinajstić information content (AvgIpc) is 2.75. The van der Waals surface area contributed by atoms with Crippen LogP contribution in [-0.2, 0) is 6.42 Å². The molecule has 0 aromatic carbocycles. The van der Waals surface area contributed by atoms with E-state index in [1.165, 1.54) is 5.69 Å². The molecule has 0 fully saturated rings. The largest absolute Gasteiger partial charge is 0.365 e. The lowest BCUT2D eigenvalue weighted by molar-refractivity contribution is 1.16. The molecule has 2 heterocycles. The second kappa shape index (κ2) is 6.66. The minimum absolute atomic E-state index is 0.938. The Balaban J connectivity index is 0.000000146. The smallest absolute Gasteiger partial charge is 0.0267 e. The molecule has 0 unspecified atom stereocenters. The number of aromatic nitrogens is 2. The molecule has 0 aliphatic rings. The van der Waals surface area contributed by atoms with Crippen LogP contribution in [-0.4, -0.2) is 9.97 Å². The summed E-state index contributed by atoms with van der Waals surface area (Å²) in [6, 6.07) is 9.74. The minimum Gasteiger partial charge on any atom is -0.365 e. The van der Waals surface area contributed by atoms with Gasteiger partial charge in [-0.1, -0.05) is 12.1 Å². The normalized spacial score (nSPS) is 8.57. The lowest BCUT2D eigenvalue weighted by Crippen LogP contribution is -1.75. The molecule has 0 saturated heterocycles. The van der Waals surface area contributed by atoms with Gasteiger partial charge in [-0.05, 0) is 24.3 Å². The Morgan fingerprint density at radius 2 is 2.00 bits per heavy atom. The van der Waals surface area contributed by atoms with Crippen molar-refractivity contribution in [3.63, 3.8) is 0 Å². The topological polar surface area (TPSA) is 28.7 Å². The van der Waals surface area contributed by atoms with Crippen LogP contribution in [0.4, 0.5) is 0 Å². The van der Waals surface area contributed by atoms with Crippen molar-refractivity contribution in [2.75, 3.05) is 0 Å². The molecule has 0 aliphatic heterocycles. The second-order valence-electron chi connectivity index (χ2n) is 2.71. The zero-order chi connectivity index (χ0) is 10.1. The van der Waals surface area contributed by atoms with E-state index >= 15 is 0 Å². The van der Waals surface area contributed by atoms with Crippen LogP contribution in [0.2, 0.25) is 0 Å². The fourth-order valence-electron chi connectivity index (χ4n) is 0.963. The summed E-state index contributed by atoms with van der Waals surface area (Å²) in [5.41, 5.74) is 1.22. The average molecular weight is 186 g/mol. The van der Waals surface area contributed by atoms with Crippen LogP contribution in [0.3, 0.4) is 0 Å². The fourth-order valence-corrected chi connectivity index (χ4v) is 0.963. The van der Waals surface area contributed by atoms with Gasteiger partial charge in [0.2, 0.25) is 0 Å². The molecule has 2 heteroatoms. The quantitative estimate of drug-likeness (QED) is 0.718. The van der Waals surface area contributed by atoms with Gasteiger partial charge >= 0.3 is 0 Å². The van der Waals surface area contributed by atoms with Gasteiger partial charge in [-0.2, -0.15) is 0 Å². The van der Waals surface area contributed by atoms with E-state index in [1.54, 1.807) is 12.4 Å². The van der Waals surface area contributed by atoms with E-state index in [4.69, 9.17) is 0 Å². The monoisotopic (exact) mass is 186 g/mol. The van der Waals surface area contributed by atoms with Gasteiger partial charge in [0.1, 0.15) is 0 Å². The number of hydrogen-bond acceptors (Lipinski definition) is 1. The van der Waals surface area contributed by atoms with E-state index in [0.29, 0.717) is 0 Å². The molecule has 2 nitrogen and oxygen atoms in total. The van der Waals surface area contributed by atoms with Crippen molar-refractivity contribution in [1.82, 2.24) is 9.97 Å². The van der Waals surface area contributed by atoms with Crippen molar-refractivity contribution in [2.45, 2.75) is 6.42 Å². The van der Waals surface area contributed by atoms with Crippen LogP contribution >= 0.6 is 0 Å². The molecule has 0 bridgehead atoms. The Morgan fingerprint density at radius 3 is 2.36 bits per heavy atom. The molecular formula is C12H14N2. The molecule has 2 aromatic heterocycles. The van der Waals surface area contributed by atoms with Crippen LogP contribution in [0.5, 0.6) is 0 Å². The highest BCUT2D eigenvalue weighted by Gasteiger charge is 1.83. The fraction of sp³-hybridized carbons (Fsp3) is 0.0833. The standard InChI is InChI=1S/C7H9N.C5H5N/c1-2-4-7-5-3-6-8-7;1-2-4-6-5-3-1/h2-3,5-6,8H,1,4H2;1-5H.